The number of rotatable bonds is 9. The summed E-state index contributed by atoms with van der Waals surface area (Å²) in [5.41, 5.74) is 0.879. The van der Waals surface area contributed by atoms with Crippen LogP contribution in [0, 0.1) is 0 Å². The van der Waals surface area contributed by atoms with E-state index >= 15 is 0 Å². The van der Waals surface area contributed by atoms with Crippen molar-refractivity contribution >= 4 is 45.5 Å². The molecule has 3 rings (SSSR count). The highest BCUT2D eigenvalue weighted by Crippen LogP contribution is 2.31. The zero-order valence-electron chi connectivity index (χ0n) is 14.1. The zero-order chi connectivity index (χ0) is 18.2. The molecule has 3 aromatic rings. The van der Waals surface area contributed by atoms with Crippen LogP contribution in [0.5, 0.6) is 11.5 Å². The second-order valence-corrected chi connectivity index (χ2v) is 7.78. The van der Waals surface area contributed by atoms with Crippen LogP contribution < -0.4 is 14.8 Å². The third kappa shape index (κ3) is 5.27. The van der Waals surface area contributed by atoms with E-state index < -0.39 is 0 Å². The molecule has 0 spiro atoms. The third-order valence-electron chi connectivity index (χ3n) is 3.24. The molecule has 5 nitrogen and oxygen atoms in total. The van der Waals surface area contributed by atoms with Crippen molar-refractivity contribution in [2.24, 2.45) is 0 Å². The van der Waals surface area contributed by atoms with Gasteiger partial charge in [0, 0.05) is 5.75 Å². The SMILES string of the molecule is CCOc1ccccc1Nc1nnc(SCCOc2ccccc2Cl)s1. The number of ether oxygens (including phenoxy) is 2. The topological polar surface area (TPSA) is 56.3 Å². The van der Waals surface area contributed by atoms with Crippen LogP contribution in [0.1, 0.15) is 6.92 Å². The fourth-order valence-electron chi connectivity index (χ4n) is 2.13. The van der Waals surface area contributed by atoms with Crippen LogP contribution in [0.3, 0.4) is 0 Å². The molecule has 1 heterocycles. The van der Waals surface area contributed by atoms with E-state index in [9.17, 15) is 0 Å². The second kappa shape index (κ2) is 9.66. The van der Waals surface area contributed by atoms with Crippen LogP contribution >= 0.6 is 34.7 Å². The Bertz CT molecular complexity index is 845. The number of halogens is 1. The Morgan fingerprint density at radius 2 is 1.81 bits per heavy atom. The van der Waals surface area contributed by atoms with Gasteiger partial charge >= 0.3 is 0 Å². The first kappa shape index (κ1) is 18.8. The minimum Gasteiger partial charge on any atom is -0.492 e. The van der Waals surface area contributed by atoms with Gasteiger partial charge in [-0.3, -0.25) is 0 Å². The number of benzene rings is 2. The fourth-order valence-corrected chi connectivity index (χ4v) is 3.97. The summed E-state index contributed by atoms with van der Waals surface area (Å²) in [6, 6.07) is 15.2. The van der Waals surface area contributed by atoms with Gasteiger partial charge in [-0.05, 0) is 31.2 Å². The van der Waals surface area contributed by atoms with Crippen molar-refractivity contribution in [3.8, 4) is 11.5 Å². The largest absolute Gasteiger partial charge is 0.492 e. The molecule has 1 aromatic heterocycles. The van der Waals surface area contributed by atoms with Crippen LogP contribution in [0.15, 0.2) is 52.9 Å². The van der Waals surface area contributed by atoms with Crippen LogP contribution in [0.25, 0.3) is 0 Å². The molecule has 0 amide bonds. The normalized spacial score (nSPS) is 10.5. The van der Waals surface area contributed by atoms with E-state index in [4.69, 9.17) is 21.1 Å². The molecule has 0 radical (unpaired) electrons. The van der Waals surface area contributed by atoms with E-state index in [1.165, 1.54) is 11.3 Å². The Morgan fingerprint density at radius 1 is 1.04 bits per heavy atom. The summed E-state index contributed by atoms with van der Waals surface area (Å²) in [7, 11) is 0. The van der Waals surface area contributed by atoms with E-state index in [0.29, 0.717) is 24.0 Å². The van der Waals surface area contributed by atoms with Gasteiger partial charge in [-0.25, -0.2) is 0 Å². The lowest BCUT2D eigenvalue weighted by molar-refractivity contribution is 0.342. The number of nitrogens with one attached hydrogen (secondary N) is 1. The first-order chi connectivity index (χ1) is 12.8. The van der Waals surface area contributed by atoms with Crippen molar-refractivity contribution in [2.75, 3.05) is 24.3 Å². The summed E-state index contributed by atoms with van der Waals surface area (Å²) in [5.74, 6) is 2.25. The summed E-state index contributed by atoms with van der Waals surface area (Å²) in [6.45, 7) is 3.12. The summed E-state index contributed by atoms with van der Waals surface area (Å²) >= 11 is 9.16. The Balaban J connectivity index is 1.50. The molecule has 0 saturated carbocycles. The number of nitrogens with zero attached hydrogens (tertiary/aromatic N) is 2. The summed E-state index contributed by atoms with van der Waals surface area (Å²) in [4.78, 5) is 0. The van der Waals surface area contributed by atoms with Crippen molar-refractivity contribution in [3.05, 3.63) is 53.6 Å². The van der Waals surface area contributed by atoms with Gasteiger partial charge in [-0.1, -0.05) is 59.0 Å². The molecule has 8 heteroatoms. The van der Waals surface area contributed by atoms with E-state index in [1.54, 1.807) is 11.8 Å². The van der Waals surface area contributed by atoms with E-state index in [-0.39, 0.29) is 0 Å². The minimum atomic E-state index is 0.546. The molecule has 1 N–H and O–H groups in total. The van der Waals surface area contributed by atoms with E-state index in [2.05, 4.69) is 15.5 Å². The molecule has 136 valence electrons. The van der Waals surface area contributed by atoms with Crippen molar-refractivity contribution in [3.63, 3.8) is 0 Å². The molecule has 0 aliphatic heterocycles. The minimum absolute atomic E-state index is 0.546. The van der Waals surface area contributed by atoms with Crippen molar-refractivity contribution < 1.29 is 9.47 Å². The van der Waals surface area contributed by atoms with E-state index in [1.807, 2.05) is 55.5 Å². The number of anilines is 2. The highest BCUT2D eigenvalue weighted by Gasteiger charge is 2.08. The molecule has 0 atom stereocenters. The number of hydrogen-bond acceptors (Lipinski definition) is 7. The van der Waals surface area contributed by atoms with Gasteiger partial charge < -0.3 is 14.8 Å². The molecule has 0 saturated heterocycles. The van der Waals surface area contributed by atoms with Gasteiger partial charge in [0.1, 0.15) is 11.5 Å². The predicted octanol–water partition coefficient (Wildman–Crippen LogP) is 5.50. The molecule has 0 unspecified atom stereocenters. The maximum atomic E-state index is 6.07. The fraction of sp³-hybridized carbons (Fsp3) is 0.222. The van der Waals surface area contributed by atoms with Crippen LogP contribution in [0.2, 0.25) is 5.02 Å². The smallest absolute Gasteiger partial charge is 0.210 e. The molecular weight excluding hydrogens is 390 g/mol. The Hall–Kier alpha value is -1.96. The average molecular weight is 408 g/mol. The number of aromatic nitrogens is 2. The quantitative estimate of drug-likeness (QED) is 0.373. The lowest BCUT2D eigenvalue weighted by Gasteiger charge is -2.09. The number of para-hydroxylation sites is 3. The molecule has 2 aromatic carbocycles. The van der Waals surface area contributed by atoms with Crippen molar-refractivity contribution in [1.29, 1.82) is 0 Å². The lowest BCUT2D eigenvalue weighted by Crippen LogP contribution is -2.00. The Kier molecular flexibility index (Phi) is 6.99. The summed E-state index contributed by atoms with van der Waals surface area (Å²) in [6.07, 6.45) is 0. The first-order valence-corrected chi connectivity index (χ1v) is 10.3. The zero-order valence-corrected chi connectivity index (χ0v) is 16.5. The predicted molar refractivity (Wildman–Crippen MR) is 108 cm³/mol. The molecule has 0 bridgehead atoms. The van der Waals surface area contributed by atoms with Crippen LogP contribution in [0.4, 0.5) is 10.8 Å². The highest BCUT2D eigenvalue weighted by atomic mass is 35.5. The third-order valence-corrected chi connectivity index (χ3v) is 5.49. The Morgan fingerprint density at radius 3 is 2.62 bits per heavy atom. The second-order valence-electron chi connectivity index (χ2n) is 5.05. The van der Waals surface area contributed by atoms with Crippen molar-refractivity contribution in [2.45, 2.75) is 11.3 Å². The van der Waals surface area contributed by atoms with Gasteiger partial charge in [0.25, 0.3) is 0 Å². The molecular formula is C18H18ClN3O2S2. The van der Waals surface area contributed by atoms with Crippen LogP contribution in [-0.4, -0.2) is 29.2 Å². The van der Waals surface area contributed by atoms with Crippen LogP contribution in [-0.2, 0) is 0 Å². The molecule has 0 fully saturated rings. The maximum absolute atomic E-state index is 6.07. The summed E-state index contributed by atoms with van der Waals surface area (Å²) < 4.78 is 12.2. The molecule has 26 heavy (non-hydrogen) atoms. The lowest BCUT2D eigenvalue weighted by atomic mass is 10.3. The van der Waals surface area contributed by atoms with Gasteiger partial charge in [0.05, 0.1) is 23.9 Å². The first-order valence-electron chi connectivity index (χ1n) is 8.08. The molecule has 0 aliphatic carbocycles. The van der Waals surface area contributed by atoms with Crippen molar-refractivity contribution in [1.82, 2.24) is 10.2 Å². The average Bonchev–Trinajstić information content (AvgIpc) is 3.09. The number of hydrogen-bond donors (Lipinski definition) is 1. The van der Waals surface area contributed by atoms with E-state index in [0.717, 1.165) is 26.7 Å². The Labute approximate surface area is 165 Å². The maximum Gasteiger partial charge on any atom is 0.210 e. The van der Waals surface area contributed by atoms with Gasteiger partial charge in [-0.2, -0.15) is 0 Å². The summed E-state index contributed by atoms with van der Waals surface area (Å²) in [5, 5.41) is 13.0. The van der Waals surface area contributed by atoms with Gasteiger partial charge in [0.2, 0.25) is 5.13 Å². The molecule has 0 aliphatic rings. The monoisotopic (exact) mass is 407 g/mol. The van der Waals surface area contributed by atoms with Gasteiger partial charge in [-0.15, -0.1) is 10.2 Å². The number of thioether (sulfide) groups is 1. The van der Waals surface area contributed by atoms with Gasteiger partial charge in [0.15, 0.2) is 4.34 Å². The highest BCUT2D eigenvalue weighted by molar-refractivity contribution is 8.01. The standard InChI is InChI=1S/C18H18ClN3O2S2/c1-2-23-16-10-6-4-8-14(16)20-17-21-22-18(26-17)25-12-11-24-15-9-5-3-7-13(15)19/h3-10H,2,11-12H2,1H3,(H,20,21).